The highest BCUT2D eigenvalue weighted by atomic mass is 16.8. The average Bonchev–Trinajstić information content (AvgIpc) is 0.837. The Hall–Kier alpha value is -6.44. The number of aliphatic carboxylic acids is 1. The number of rotatable bonds is 34. The Kier molecular flexibility index (Phi) is 28.1. The topological polar surface area (TPSA) is 554 Å². The lowest BCUT2D eigenvalue weighted by atomic mass is 9.71. The average molecular weight is 1450 g/mol. The second-order valence-corrected chi connectivity index (χ2v) is 26.6. The number of aryl methyl sites for hydroxylation is 1. The third-order valence-corrected chi connectivity index (χ3v) is 19.3. The van der Waals surface area contributed by atoms with Crippen molar-refractivity contribution in [2.24, 2.45) is 16.8 Å². The van der Waals surface area contributed by atoms with Crippen molar-refractivity contribution in [2.75, 3.05) is 40.6 Å². The van der Waals surface area contributed by atoms with Crippen LogP contribution in [-0.4, -0.2) is 279 Å². The van der Waals surface area contributed by atoms with Gasteiger partial charge in [-0.1, -0.05) is 43.5 Å². The number of carbonyl (C=O) groups excluding carboxylic acids is 4. The molecule has 0 spiro atoms. The predicted octanol–water partition coefficient (Wildman–Crippen LogP) is -2.70. The summed E-state index contributed by atoms with van der Waals surface area (Å²) in [5, 5.41) is 168. The van der Waals surface area contributed by atoms with Crippen LogP contribution >= 0.6 is 0 Å². The second kappa shape index (κ2) is 36.0. The first kappa shape index (κ1) is 79.7. The van der Waals surface area contributed by atoms with E-state index in [1.165, 1.54) is 32.4 Å². The fourth-order valence-electron chi connectivity index (χ4n) is 13.6. The van der Waals surface area contributed by atoms with Gasteiger partial charge in [-0.2, -0.15) is 5.10 Å². The molecule has 3 aromatic rings. The number of fused-ring (bicyclic) bond motifs is 3. The first-order chi connectivity index (χ1) is 48.7. The molecule has 0 radical (unpaired) electrons. The van der Waals surface area contributed by atoms with Crippen molar-refractivity contribution >= 4 is 35.1 Å². The van der Waals surface area contributed by atoms with Crippen molar-refractivity contribution in [1.29, 1.82) is 0 Å². The number of aliphatic hydroxyl groups excluding tert-OH is 10. The summed E-state index contributed by atoms with van der Waals surface area (Å²) in [5.74, 6) is -5.03. The molecule has 3 aliphatic carbocycles. The van der Waals surface area contributed by atoms with Crippen molar-refractivity contribution in [2.45, 2.75) is 245 Å². The largest absolute Gasteiger partial charge is 0.507 e. The maximum absolute atomic E-state index is 14.2. The highest BCUT2D eigenvalue weighted by molar-refractivity contribution is 6.31. The number of aromatic nitrogens is 3. The minimum Gasteiger partial charge on any atom is -0.507 e. The molecule has 6 aliphatic rings. The number of aliphatic hydroxyl groups is 11. The SMILES string of the molecule is COc1cccc2c1C(=O)c1c(O)c3c(c(O)c1C2=O)C[C@@](O)(/C(CO)=N/NC(=O)CCCCCn1cc(CNC(=O)CCCCCO[C@@H]2[C@@H](O[C@H]4O[C@H](O)[C@@H](O)[C@H](O)[C@H]4O)O[C@H](OC[C@H]4O[C@H](OC)[C@H](O)[C@@H](O)[C@@H]4OCCCCCC(=O)O)[C@H](O)[C@H]2O)nn1)CC3OC1CC(C)C(O)C(N)C1. The lowest BCUT2D eigenvalue weighted by molar-refractivity contribution is -0.415. The summed E-state index contributed by atoms with van der Waals surface area (Å²) in [6.07, 6.45) is -23.3. The molecule has 3 aliphatic heterocycles. The zero-order chi connectivity index (χ0) is 73.9. The van der Waals surface area contributed by atoms with Crippen LogP contribution in [0.25, 0.3) is 0 Å². The van der Waals surface area contributed by atoms with E-state index in [9.17, 15) is 90.4 Å². The molecule has 18 N–H and O–H groups in total. The Labute approximate surface area is 585 Å². The number of benzene rings is 2. The smallest absolute Gasteiger partial charge is 0.303 e. The number of nitrogens with one attached hydrogen (secondary N) is 2. The summed E-state index contributed by atoms with van der Waals surface area (Å²) >= 11 is 0. The first-order valence-electron chi connectivity index (χ1n) is 34.2. The number of methoxy groups -OCH3 is 2. The summed E-state index contributed by atoms with van der Waals surface area (Å²) in [4.78, 5) is 65.3. The van der Waals surface area contributed by atoms with Gasteiger partial charge in [0, 0.05) is 81.7 Å². The maximum atomic E-state index is 14.2. The number of hydrogen-bond donors (Lipinski definition) is 17. The summed E-state index contributed by atoms with van der Waals surface area (Å²) in [5.41, 5.74) is 5.22. The van der Waals surface area contributed by atoms with Gasteiger partial charge in [-0.3, -0.25) is 28.7 Å². The third kappa shape index (κ3) is 18.6. The van der Waals surface area contributed by atoms with Crippen molar-refractivity contribution in [1.82, 2.24) is 25.7 Å². The van der Waals surface area contributed by atoms with Crippen molar-refractivity contribution < 1.29 is 143 Å². The molecule has 36 nitrogen and oxygen atoms in total. The van der Waals surface area contributed by atoms with Crippen LogP contribution in [0.5, 0.6) is 17.2 Å². The molecular weight excluding hydrogens is 1350 g/mol. The summed E-state index contributed by atoms with van der Waals surface area (Å²) in [6, 6.07) is 3.66. The first-order valence-corrected chi connectivity index (χ1v) is 34.2. The number of carboxylic acids is 1. The van der Waals surface area contributed by atoms with Crippen LogP contribution in [0.2, 0.25) is 0 Å². The number of ketones is 2. The Morgan fingerprint density at radius 2 is 1.36 bits per heavy atom. The van der Waals surface area contributed by atoms with Crippen LogP contribution < -0.4 is 21.2 Å². The van der Waals surface area contributed by atoms with Crippen molar-refractivity contribution in [3.8, 4) is 17.2 Å². The number of hydrogen-bond acceptors (Lipinski definition) is 32. The van der Waals surface area contributed by atoms with E-state index in [2.05, 4.69) is 26.2 Å². The van der Waals surface area contributed by atoms with E-state index in [0.29, 0.717) is 76.4 Å². The number of amides is 2. The van der Waals surface area contributed by atoms with Crippen molar-refractivity contribution in [3.05, 3.63) is 63.5 Å². The molecule has 36 heteroatoms. The summed E-state index contributed by atoms with van der Waals surface area (Å²) in [7, 11) is 2.53. The fourth-order valence-corrected chi connectivity index (χ4v) is 13.6. The molecule has 9 rings (SSSR count). The Balaban J connectivity index is 0.715. The molecule has 102 heavy (non-hydrogen) atoms. The predicted molar refractivity (Wildman–Crippen MR) is 344 cm³/mol. The highest BCUT2D eigenvalue weighted by Crippen LogP contribution is 2.53. The van der Waals surface area contributed by atoms with Crippen LogP contribution in [0.4, 0.5) is 0 Å². The van der Waals surface area contributed by atoms with Gasteiger partial charge in [0.15, 0.2) is 37.2 Å². The second-order valence-electron chi connectivity index (χ2n) is 26.6. The van der Waals surface area contributed by atoms with Gasteiger partial charge in [0.05, 0.1) is 73.8 Å². The van der Waals surface area contributed by atoms with Crippen LogP contribution in [-0.2, 0) is 76.5 Å². The molecule has 1 aromatic heterocycles. The summed E-state index contributed by atoms with van der Waals surface area (Å²) in [6.45, 7) is 0.753. The molecule has 21 atom stereocenters. The van der Waals surface area contributed by atoms with E-state index in [0.717, 1.165) is 0 Å². The minimum atomic E-state index is -2.17. The third-order valence-electron chi connectivity index (χ3n) is 19.3. The van der Waals surface area contributed by atoms with E-state index in [4.69, 9.17) is 58.2 Å². The Bertz CT molecular complexity index is 3370. The van der Waals surface area contributed by atoms with Gasteiger partial charge < -0.3 is 130 Å². The fraction of sp³-hybridized carbons (Fsp3) is 0.697. The quantitative estimate of drug-likeness (QED) is 0.00979. The number of phenols is 2. The van der Waals surface area contributed by atoms with Gasteiger partial charge in [-0.25, -0.2) is 5.43 Å². The number of carbonyl (C=O) groups is 5. The molecule has 4 heterocycles. The molecule has 568 valence electrons. The number of ether oxygens (including phenoxy) is 10. The number of nitrogens with two attached hydrogens (primary N) is 1. The van der Waals surface area contributed by atoms with Crippen LogP contribution in [0.3, 0.4) is 0 Å². The molecular formula is C66H95N7O29. The van der Waals surface area contributed by atoms with E-state index in [-0.39, 0.29) is 91.0 Å². The number of aromatic hydroxyl groups is 2. The number of hydrazone groups is 1. The van der Waals surface area contributed by atoms with Gasteiger partial charge in [-0.05, 0) is 63.4 Å². The molecule has 0 bridgehead atoms. The van der Waals surface area contributed by atoms with Gasteiger partial charge in [0.2, 0.25) is 17.6 Å². The van der Waals surface area contributed by atoms with E-state index >= 15 is 0 Å². The molecule has 2 amide bonds. The Morgan fingerprint density at radius 1 is 0.706 bits per heavy atom. The zero-order valence-electron chi connectivity index (χ0n) is 56.7. The molecule has 3 saturated heterocycles. The standard InChI is InChI=1S/C66H95N7O29/c1-30-22-32(23-35(67)47(30)79)98-37-25-66(92,24-34-44(37)51(83)46-45(49(34)81)48(80)33-14-13-15-36(93-2)43(33)50(46)82)39(28-74)70-71-41(76)17-7-4-10-19-73-27-31(69-72-73)26-68-40(75)16-8-5-11-21-96-60-54(86)58(90)63(101-65(60)102-64-56(88)52(84)55(87)61(91)100-64)97-29-38-59(53(85)57(89)62(94-3)99-38)95-20-12-6-9-18-42(77)78/h13-15,27,30,32,35,37-38,47,52-65,74,79,81,83-92H,4-12,16-26,28-29,67H2,1-3H3,(H,68,75)(H,71,76)(H,77,78)/b70-39+/t30?,32?,35?,37?,38-,47?,52+,53-,54-,55+,56-,57-,58-,59-,60+,61+,62+,63+,64-,65-,66+/m1/s1. The maximum Gasteiger partial charge on any atom is 0.303 e. The van der Waals surface area contributed by atoms with Gasteiger partial charge in [0.1, 0.15) is 89.6 Å². The van der Waals surface area contributed by atoms with E-state index < -0.39 is 195 Å². The normalized spacial score (nSPS) is 32.5. The molecule has 2 aromatic carbocycles. The van der Waals surface area contributed by atoms with Gasteiger partial charge in [0.25, 0.3) is 0 Å². The van der Waals surface area contributed by atoms with Crippen LogP contribution in [0.15, 0.2) is 29.5 Å². The molecule has 5 unspecified atom stereocenters. The van der Waals surface area contributed by atoms with E-state index in [1.807, 2.05) is 0 Å². The summed E-state index contributed by atoms with van der Waals surface area (Å²) < 4.78 is 59.0. The monoisotopic (exact) mass is 1450 g/mol. The van der Waals surface area contributed by atoms with Gasteiger partial charge in [-0.15, -0.1) is 5.10 Å². The van der Waals surface area contributed by atoms with E-state index in [1.54, 1.807) is 17.8 Å². The number of carboxylic acid groups (broad SMARTS) is 1. The van der Waals surface area contributed by atoms with Crippen LogP contribution in [0, 0.1) is 5.92 Å². The van der Waals surface area contributed by atoms with Crippen LogP contribution in [0.1, 0.15) is 158 Å². The molecule has 1 saturated carbocycles. The highest BCUT2D eigenvalue weighted by Gasteiger charge is 2.54. The van der Waals surface area contributed by atoms with Crippen molar-refractivity contribution in [3.63, 3.8) is 0 Å². The lowest BCUT2D eigenvalue weighted by Gasteiger charge is -2.46. The number of unbranched alkanes of at least 4 members (excludes halogenated alkanes) is 6. The number of nitrogens with zero attached hydrogens (tertiary/aromatic N) is 4. The zero-order valence-corrected chi connectivity index (χ0v) is 56.7. The minimum absolute atomic E-state index is 0.0213. The Morgan fingerprint density at radius 3 is 2.05 bits per heavy atom. The van der Waals surface area contributed by atoms with Gasteiger partial charge >= 0.3 is 5.97 Å². The number of phenolic OH excluding ortho intramolecular Hbond substituents is 2. The lowest BCUT2D eigenvalue weighted by Crippen LogP contribution is -2.64. The molecule has 4 fully saturated rings.